The molecule has 140 valence electrons. The molecule has 0 saturated heterocycles. The average molecular weight is 361 g/mol. The molecule has 0 spiro atoms. The lowest BCUT2D eigenvalue weighted by molar-refractivity contribution is 0.0502. The van der Waals surface area contributed by atoms with E-state index in [1.165, 1.54) is 10.9 Å². The minimum atomic E-state index is -0.266. The Bertz CT molecular complexity index is 952. The highest BCUT2D eigenvalue weighted by Gasteiger charge is 2.16. The molecule has 3 heteroatoms. The monoisotopic (exact) mass is 360 g/mol. The molecule has 0 aliphatic carbocycles. The molecule has 0 fully saturated rings. The quantitative estimate of drug-likeness (QED) is 0.508. The number of nitrogens with zero attached hydrogens (tertiary/aromatic N) is 2. The van der Waals surface area contributed by atoms with Crippen molar-refractivity contribution < 1.29 is 4.74 Å². The van der Waals surface area contributed by atoms with E-state index in [2.05, 4.69) is 68.1 Å². The van der Waals surface area contributed by atoms with Crippen molar-refractivity contribution in [3.63, 3.8) is 0 Å². The molecule has 27 heavy (non-hydrogen) atoms. The Morgan fingerprint density at radius 1 is 1.04 bits per heavy atom. The molecule has 3 nitrogen and oxygen atoms in total. The van der Waals surface area contributed by atoms with E-state index in [-0.39, 0.29) is 5.60 Å². The summed E-state index contributed by atoms with van der Waals surface area (Å²) in [6.07, 6.45) is 1.04. The summed E-state index contributed by atoms with van der Waals surface area (Å²) < 4.78 is 5.85. The maximum Gasteiger partial charge on any atom is 0.186 e. The van der Waals surface area contributed by atoms with Crippen molar-refractivity contribution in [2.24, 2.45) is 0 Å². The van der Waals surface area contributed by atoms with Gasteiger partial charge in [0.15, 0.2) is 5.88 Å². The third-order valence-electron chi connectivity index (χ3n) is 4.51. The van der Waals surface area contributed by atoms with E-state index in [1.807, 2.05) is 32.7 Å². The van der Waals surface area contributed by atoms with Gasteiger partial charge in [0.25, 0.3) is 0 Å². The molecular weight excluding hydrogens is 332 g/mol. The second-order valence-electron chi connectivity index (χ2n) is 7.79. The van der Waals surface area contributed by atoms with Gasteiger partial charge in [0.1, 0.15) is 5.60 Å². The molecule has 0 atom stereocenters. The standard InChI is InChI=1S/C24H28N2O/c1-7-18-8-14-23-20(16-18)11-15-22(25-23)19-9-12-21(13-10-19)26(6)17(2)27-24(3,4)5/h8-16H,2,7H2,1,3-6H3. The molecule has 0 amide bonds. The minimum absolute atomic E-state index is 0.266. The van der Waals surface area contributed by atoms with E-state index in [4.69, 9.17) is 9.72 Å². The topological polar surface area (TPSA) is 25.4 Å². The van der Waals surface area contributed by atoms with Crippen LogP contribution in [0.5, 0.6) is 0 Å². The van der Waals surface area contributed by atoms with E-state index in [0.717, 1.165) is 28.9 Å². The van der Waals surface area contributed by atoms with Crippen LogP contribution in [0.4, 0.5) is 5.69 Å². The summed E-state index contributed by atoms with van der Waals surface area (Å²) in [5, 5.41) is 1.19. The summed E-state index contributed by atoms with van der Waals surface area (Å²) in [5.74, 6) is 0.630. The van der Waals surface area contributed by atoms with Gasteiger partial charge in [0.2, 0.25) is 0 Å². The highest BCUT2D eigenvalue weighted by atomic mass is 16.5. The fourth-order valence-corrected chi connectivity index (χ4v) is 2.98. The smallest absolute Gasteiger partial charge is 0.186 e. The summed E-state index contributed by atoms with van der Waals surface area (Å²) in [7, 11) is 1.96. The van der Waals surface area contributed by atoms with Gasteiger partial charge in [-0.25, -0.2) is 4.98 Å². The summed E-state index contributed by atoms with van der Waals surface area (Å²) in [5.41, 5.74) is 5.20. The first kappa shape index (κ1) is 19.0. The van der Waals surface area contributed by atoms with E-state index >= 15 is 0 Å². The molecule has 2 aromatic carbocycles. The molecule has 0 saturated carbocycles. The number of anilines is 1. The Labute approximate surface area is 162 Å². The summed E-state index contributed by atoms with van der Waals surface area (Å²) >= 11 is 0. The number of pyridine rings is 1. The Morgan fingerprint density at radius 2 is 1.74 bits per heavy atom. The number of aromatic nitrogens is 1. The predicted molar refractivity (Wildman–Crippen MR) is 115 cm³/mol. The molecule has 0 unspecified atom stereocenters. The predicted octanol–water partition coefficient (Wildman–Crippen LogP) is 6.19. The summed E-state index contributed by atoms with van der Waals surface area (Å²) in [4.78, 5) is 6.78. The van der Waals surface area contributed by atoms with Crippen LogP contribution >= 0.6 is 0 Å². The van der Waals surface area contributed by atoms with Crippen LogP contribution < -0.4 is 4.90 Å². The fraction of sp³-hybridized carbons (Fsp3) is 0.292. The van der Waals surface area contributed by atoms with Gasteiger partial charge in [-0.05, 0) is 69.7 Å². The van der Waals surface area contributed by atoms with E-state index in [1.54, 1.807) is 0 Å². The lowest BCUT2D eigenvalue weighted by atomic mass is 10.1. The van der Waals surface area contributed by atoms with Crippen LogP contribution in [0.3, 0.4) is 0 Å². The van der Waals surface area contributed by atoms with E-state index in [9.17, 15) is 0 Å². The van der Waals surface area contributed by atoms with Gasteiger partial charge in [-0.1, -0.05) is 31.2 Å². The molecule has 0 aliphatic heterocycles. The van der Waals surface area contributed by atoms with Crippen molar-refractivity contribution in [3.05, 3.63) is 72.6 Å². The number of hydrogen-bond acceptors (Lipinski definition) is 3. The van der Waals surface area contributed by atoms with Gasteiger partial charge in [0, 0.05) is 23.7 Å². The number of rotatable bonds is 5. The van der Waals surface area contributed by atoms with Crippen molar-refractivity contribution in [3.8, 4) is 11.3 Å². The second kappa shape index (κ2) is 7.43. The van der Waals surface area contributed by atoms with Crippen LogP contribution in [0, 0.1) is 0 Å². The zero-order valence-corrected chi connectivity index (χ0v) is 16.9. The van der Waals surface area contributed by atoms with Crippen LogP contribution in [0.25, 0.3) is 22.2 Å². The first-order chi connectivity index (χ1) is 12.8. The van der Waals surface area contributed by atoms with Gasteiger partial charge in [-0.3, -0.25) is 0 Å². The van der Waals surface area contributed by atoms with Crippen molar-refractivity contribution >= 4 is 16.6 Å². The van der Waals surface area contributed by atoms with Crippen LogP contribution in [0.15, 0.2) is 67.1 Å². The lowest BCUT2D eigenvalue weighted by Crippen LogP contribution is -2.26. The number of ether oxygens (including phenoxy) is 1. The SMILES string of the molecule is C=C(OC(C)(C)C)N(C)c1ccc(-c2ccc3cc(CC)ccc3n2)cc1. The normalized spacial score (nSPS) is 11.4. The zero-order chi connectivity index (χ0) is 19.6. The second-order valence-corrected chi connectivity index (χ2v) is 7.79. The molecule has 3 aromatic rings. The van der Waals surface area contributed by atoms with Crippen molar-refractivity contribution in [2.75, 3.05) is 11.9 Å². The van der Waals surface area contributed by atoms with Crippen LogP contribution in [0.1, 0.15) is 33.3 Å². The van der Waals surface area contributed by atoms with Gasteiger partial charge in [-0.2, -0.15) is 0 Å². The number of benzene rings is 2. The molecule has 0 aliphatic rings. The Kier molecular flexibility index (Phi) is 5.22. The fourth-order valence-electron chi connectivity index (χ4n) is 2.98. The van der Waals surface area contributed by atoms with Gasteiger partial charge in [-0.15, -0.1) is 0 Å². The Hall–Kier alpha value is -2.81. The maximum absolute atomic E-state index is 5.85. The van der Waals surface area contributed by atoms with Crippen LogP contribution in [-0.2, 0) is 11.2 Å². The number of aryl methyl sites for hydroxylation is 1. The molecule has 0 radical (unpaired) electrons. The molecular formula is C24H28N2O. The largest absolute Gasteiger partial charge is 0.474 e. The Morgan fingerprint density at radius 3 is 2.37 bits per heavy atom. The first-order valence-electron chi connectivity index (χ1n) is 9.38. The molecule has 1 aromatic heterocycles. The van der Waals surface area contributed by atoms with E-state index < -0.39 is 0 Å². The first-order valence-corrected chi connectivity index (χ1v) is 9.38. The summed E-state index contributed by atoms with van der Waals surface area (Å²) in [6.45, 7) is 12.3. The van der Waals surface area contributed by atoms with Crippen molar-refractivity contribution in [1.29, 1.82) is 0 Å². The van der Waals surface area contributed by atoms with Crippen molar-refractivity contribution in [2.45, 2.75) is 39.7 Å². The van der Waals surface area contributed by atoms with E-state index in [0.29, 0.717) is 5.88 Å². The lowest BCUT2D eigenvalue weighted by Gasteiger charge is -2.29. The highest BCUT2D eigenvalue weighted by Crippen LogP contribution is 2.26. The maximum atomic E-state index is 5.85. The molecule has 3 rings (SSSR count). The minimum Gasteiger partial charge on any atom is -0.474 e. The van der Waals surface area contributed by atoms with Crippen LogP contribution in [0.2, 0.25) is 0 Å². The number of fused-ring (bicyclic) bond motifs is 1. The van der Waals surface area contributed by atoms with Gasteiger partial charge < -0.3 is 9.64 Å². The van der Waals surface area contributed by atoms with Gasteiger partial charge >= 0.3 is 0 Å². The molecule has 0 N–H and O–H groups in total. The zero-order valence-electron chi connectivity index (χ0n) is 16.9. The third kappa shape index (κ3) is 4.48. The Balaban J connectivity index is 1.82. The highest BCUT2D eigenvalue weighted by molar-refractivity contribution is 5.82. The van der Waals surface area contributed by atoms with Gasteiger partial charge in [0.05, 0.1) is 11.2 Å². The molecule has 0 bridgehead atoms. The average Bonchev–Trinajstić information content (AvgIpc) is 2.65. The third-order valence-corrected chi connectivity index (χ3v) is 4.51. The number of hydrogen-bond donors (Lipinski definition) is 0. The summed E-state index contributed by atoms with van der Waals surface area (Å²) in [6, 6.07) is 19.0. The van der Waals surface area contributed by atoms with Crippen molar-refractivity contribution in [1.82, 2.24) is 4.98 Å². The van der Waals surface area contributed by atoms with Crippen LogP contribution in [-0.4, -0.2) is 17.6 Å². The molecule has 1 heterocycles.